The number of hydrogen-bond acceptors (Lipinski definition) is 4. The normalized spacial score (nSPS) is 23.4. The molecule has 1 amide bonds. The Morgan fingerprint density at radius 1 is 1.11 bits per heavy atom. The molecule has 2 heterocycles. The van der Waals surface area contributed by atoms with Gasteiger partial charge in [-0.05, 0) is 80.3 Å². The van der Waals surface area contributed by atoms with Gasteiger partial charge in [-0.15, -0.1) is 11.8 Å². The van der Waals surface area contributed by atoms with Crippen LogP contribution in [-0.2, 0) is 16.0 Å². The monoisotopic (exact) mass is 497 g/mol. The second-order valence-corrected chi connectivity index (χ2v) is 11.7. The lowest BCUT2D eigenvalue weighted by molar-refractivity contribution is -0.138. The molecule has 0 unspecified atom stereocenters. The van der Waals surface area contributed by atoms with E-state index in [2.05, 4.69) is 66.1 Å². The lowest BCUT2D eigenvalue weighted by Gasteiger charge is -2.27. The Balaban J connectivity index is 1.27. The first-order valence-electron chi connectivity index (χ1n) is 13.3. The van der Waals surface area contributed by atoms with Crippen LogP contribution < -0.4 is 5.48 Å². The maximum atomic E-state index is 11.7. The highest BCUT2D eigenvalue weighted by Gasteiger charge is 2.47. The molecule has 192 valence electrons. The van der Waals surface area contributed by atoms with Crippen molar-refractivity contribution in [3.05, 3.63) is 48.0 Å². The third-order valence-electron chi connectivity index (χ3n) is 7.47. The summed E-state index contributed by atoms with van der Waals surface area (Å²) in [5.41, 5.74) is 2.59. The molecule has 2 aliphatic rings. The Bertz CT molecular complexity index is 857. The molecule has 0 spiro atoms. The average molecular weight is 498 g/mol. The predicted molar refractivity (Wildman–Crippen MR) is 145 cm³/mol. The number of hydroxylamine groups is 1. The van der Waals surface area contributed by atoms with Crippen molar-refractivity contribution in [3.63, 3.8) is 0 Å². The molecule has 2 aliphatic heterocycles. The SMILES string of the molecule is CC(C)(CC/C=C\C[C@H]1[C@@H](CSCCCCC#CCCc2ccccc2)[C@H]2CC[C@@H]1O2)C(=O)NO. The van der Waals surface area contributed by atoms with Crippen molar-refractivity contribution in [1.82, 2.24) is 5.48 Å². The molecule has 2 fully saturated rings. The zero-order valence-corrected chi connectivity index (χ0v) is 22.3. The molecule has 1 aromatic carbocycles. The fraction of sp³-hybridized carbons (Fsp3) is 0.633. The van der Waals surface area contributed by atoms with Gasteiger partial charge in [-0.25, -0.2) is 5.48 Å². The fourth-order valence-electron chi connectivity index (χ4n) is 5.17. The summed E-state index contributed by atoms with van der Waals surface area (Å²) in [4.78, 5) is 11.7. The van der Waals surface area contributed by atoms with Crippen LogP contribution in [0.3, 0.4) is 0 Å². The van der Waals surface area contributed by atoms with Gasteiger partial charge in [0.2, 0.25) is 5.91 Å². The summed E-state index contributed by atoms with van der Waals surface area (Å²) in [5.74, 6) is 10.1. The van der Waals surface area contributed by atoms with Crippen LogP contribution in [0.15, 0.2) is 42.5 Å². The summed E-state index contributed by atoms with van der Waals surface area (Å²) in [5, 5.41) is 8.87. The average Bonchev–Trinajstić information content (AvgIpc) is 3.47. The molecule has 5 heteroatoms. The van der Waals surface area contributed by atoms with Crippen molar-refractivity contribution in [1.29, 1.82) is 0 Å². The van der Waals surface area contributed by atoms with Crippen LogP contribution in [0, 0.1) is 29.1 Å². The minimum Gasteiger partial charge on any atom is -0.374 e. The quantitative estimate of drug-likeness (QED) is 0.100. The lowest BCUT2D eigenvalue weighted by atomic mass is 9.78. The number of nitrogens with one attached hydrogen (secondary N) is 1. The van der Waals surface area contributed by atoms with E-state index in [1.54, 1.807) is 5.48 Å². The third kappa shape index (κ3) is 9.01. The molecular formula is C30H43NO3S. The molecule has 35 heavy (non-hydrogen) atoms. The third-order valence-corrected chi connectivity index (χ3v) is 8.67. The summed E-state index contributed by atoms with van der Waals surface area (Å²) in [6.45, 7) is 3.73. The first kappa shape index (κ1) is 27.8. The number of unbranched alkanes of at least 4 members (excludes halogenated alkanes) is 2. The van der Waals surface area contributed by atoms with Gasteiger partial charge in [0.25, 0.3) is 0 Å². The summed E-state index contributed by atoms with van der Waals surface area (Å²) < 4.78 is 6.27. The first-order chi connectivity index (χ1) is 17.0. The molecule has 0 aromatic heterocycles. The van der Waals surface area contributed by atoms with Crippen molar-refractivity contribution in [2.75, 3.05) is 11.5 Å². The first-order valence-corrected chi connectivity index (χ1v) is 14.5. The van der Waals surface area contributed by atoms with E-state index in [-0.39, 0.29) is 5.91 Å². The molecule has 0 saturated carbocycles. The number of amides is 1. The number of hydrogen-bond donors (Lipinski definition) is 2. The van der Waals surface area contributed by atoms with Crippen LogP contribution in [0.1, 0.15) is 77.2 Å². The summed E-state index contributed by atoms with van der Waals surface area (Å²) in [6, 6.07) is 10.6. The topological polar surface area (TPSA) is 58.6 Å². The van der Waals surface area contributed by atoms with Gasteiger partial charge in [-0.2, -0.15) is 11.8 Å². The van der Waals surface area contributed by atoms with E-state index in [0.29, 0.717) is 24.0 Å². The molecule has 4 nitrogen and oxygen atoms in total. The van der Waals surface area contributed by atoms with Crippen LogP contribution in [0.5, 0.6) is 0 Å². The highest BCUT2D eigenvalue weighted by Crippen LogP contribution is 2.46. The van der Waals surface area contributed by atoms with Crippen molar-refractivity contribution in [2.24, 2.45) is 17.3 Å². The largest absolute Gasteiger partial charge is 0.374 e. The molecule has 0 radical (unpaired) electrons. The Morgan fingerprint density at radius 2 is 1.86 bits per heavy atom. The molecule has 0 aliphatic carbocycles. The summed E-state index contributed by atoms with van der Waals surface area (Å²) >= 11 is 2.09. The van der Waals surface area contributed by atoms with Crippen LogP contribution in [0.2, 0.25) is 0 Å². The van der Waals surface area contributed by atoms with Crippen molar-refractivity contribution in [3.8, 4) is 11.8 Å². The second kappa shape index (κ2) is 14.7. The van der Waals surface area contributed by atoms with Crippen molar-refractivity contribution >= 4 is 17.7 Å². The second-order valence-electron chi connectivity index (χ2n) is 10.6. The van der Waals surface area contributed by atoms with Crippen molar-refractivity contribution in [2.45, 2.75) is 90.3 Å². The highest BCUT2D eigenvalue weighted by molar-refractivity contribution is 7.99. The van der Waals surface area contributed by atoms with Gasteiger partial charge in [0.05, 0.1) is 12.2 Å². The number of carbonyl (C=O) groups is 1. The number of allylic oxidation sites excluding steroid dienone is 2. The Kier molecular flexibility index (Phi) is 11.7. The van der Waals surface area contributed by atoms with E-state index in [9.17, 15) is 4.79 Å². The minimum atomic E-state index is -0.554. The van der Waals surface area contributed by atoms with Gasteiger partial charge < -0.3 is 4.74 Å². The van der Waals surface area contributed by atoms with E-state index in [0.717, 1.165) is 38.5 Å². The number of benzene rings is 1. The molecular weight excluding hydrogens is 454 g/mol. The summed E-state index contributed by atoms with van der Waals surface area (Å²) in [7, 11) is 0. The van der Waals surface area contributed by atoms with E-state index in [4.69, 9.17) is 9.94 Å². The number of fused-ring (bicyclic) bond motifs is 2. The van der Waals surface area contributed by atoms with Gasteiger partial charge in [0.15, 0.2) is 0 Å². The minimum absolute atomic E-state index is 0.320. The molecule has 4 atom stereocenters. The number of rotatable bonds is 14. The van der Waals surface area contributed by atoms with Crippen molar-refractivity contribution < 1.29 is 14.7 Å². The lowest BCUT2D eigenvalue weighted by Crippen LogP contribution is -2.34. The van der Waals surface area contributed by atoms with E-state index in [1.165, 1.54) is 42.8 Å². The summed E-state index contributed by atoms with van der Waals surface area (Å²) in [6.07, 6.45) is 15.9. The molecule has 2 N–H and O–H groups in total. The van der Waals surface area contributed by atoms with E-state index in [1.807, 2.05) is 13.8 Å². The fourth-order valence-corrected chi connectivity index (χ4v) is 6.48. The van der Waals surface area contributed by atoms with E-state index >= 15 is 0 Å². The van der Waals surface area contributed by atoms with Crippen LogP contribution in [-0.4, -0.2) is 34.8 Å². The predicted octanol–water partition coefficient (Wildman–Crippen LogP) is 6.58. The highest BCUT2D eigenvalue weighted by atomic mass is 32.2. The van der Waals surface area contributed by atoms with Gasteiger partial charge in [-0.3, -0.25) is 10.0 Å². The van der Waals surface area contributed by atoms with Crippen LogP contribution >= 0.6 is 11.8 Å². The van der Waals surface area contributed by atoms with Gasteiger partial charge >= 0.3 is 0 Å². The van der Waals surface area contributed by atoms with Gasteiger partial charge in [-0.1, -0.05) is 56.3 Å². The van der Waals surface area contributed by atoms with E-state index < -0.39 is 5.41 Å². The maximum absolute atomic E-state index is 11.7. The zero-order valence-electron chi connectivity index (χ0n) is 21.5. The molecule has 2 bridgehead atoms. The Morgan fingerprint density at radius 3 is 2.63 bits per heavy atom. The van der Waals surface area contributed by atoms with Gasteiger partial charge in [0, 0.05) is 18.3 Å². The van der Waals surface area contributed by atoms with Gasteiger partial charge in [0.1, 0.15) is 0 Å². The number of ether oxygens (including phenoxy) is 1. The number of thioether (sulfide) groups is 1. The number of aryl methyl sites for hydroxylation is 1. The smallest absolute Gasteiger partial charge is 0.248 e. The maximum Gasteiger partial charge on any atom is 0.248 e. The molecule has 2 saturated heterocycles. The molecule has 3 rings (SSSR count). The molecule has 1 aromatic rings. The standard InChI is InChI=1S/C30H43NO3S/c1-30(2,29(32)31-33)21-13-8-12-18-25-26(28-20-19-27(25)34-28)23-35-22-14-6-4-3-5-9-15-24-16-10-7-11-17-24/h7-8,10-12,16-17,25-28,33H,4,6,9,13-15,18-23H2,1-2H3,(H,31,32)/b12-8-/t25-,26+,27-,28+/m0/s1. The zero-order chi connectivity index (χ0) is 24.9. The number of carbonyl (C=O) groups excluding carboxylic acids is 1. The Hall–Kier alpha value is -1.74. The van der Waals surface area contributed by atoms with Crippen LogP contribution in [0.4, 0.5) is 0 Å². The van der Waals surface area contributed by atoms with Crippen LogP contribution in [0.25, 0.3) is 0 Å². The Labute approximate surface area is 216 Å².